The van der Waals surface area contributed by atoms with Gasteiger partial charge in [-0.2, -0.15) is 0 Å². The Morgan fingerprint density at radius 1 is 1.33 bits per heavy atom. The molecule has 0 saturated carbocycles. The van der Waals surface area contributed by atoms with E-state index in [1.165, 1.54) is 0 Å². The van der Waals surface area contributed by atoms with Gasteiger partial charge in [-0.1, -0.05) is 0 Å². The first-order valence-corrected chi connectivity index (χ1v) is 4.44. The van der Waals surface area contributed by atoms with Gasteiger partial charge in [0.2, 0.25) is 0 Å². The molecule has 0 aliphatic carbocycles. The number of aliphatic hydroxyl groups excluding tert-OH is 1. The van der Waals surface area contributed by atoms with E-state index < -0.39 is 0 Å². The zero-order valence-corrected chi connectivity index (χ0v) is 8.22. The molecule has 4 N–H and O–H groups in total. The van der Waals surface area contributed by atoms with E-state index in [4.69, 9.17) is 5.11 Å². The summed E-state index contributed by atoms with van der Waals surface area (Å²) in [5.74, 6) is 0. The standard InChI is InChI=1S/C8H21N3O/c1-7(12)6-11-8(10-3)4-5-9-2/h7-12H,4-6H2,1-3H3. The van der Waals surface area contributed by atoms with Crippen LogP contribution in [0.15, 0.2) is 0 Å². The zero-order valence-electron chi connectivity index (χ0n) is 8.22. The molecular weight excluding hydrogens is 154 g/mol. The van der Waals surface area contributed by atoms with Gasteiger partial charge in [0.25, 0.3) is 0 Å². The summed E-state index contributed by atoms with van der Waals surface area (Å²) in [7, 11) is 3.84. The highest BCUT2D eigenvalue weighted by molar-refractivity contribution is 4.64. The molecule has 0 fully saturated rings. The second-order valence-electron chi connectivity index (χ2n) is 2.99. The Kier molecular flexibility index (Phi) is 7.39. The van der Waals surface area contributed by atoms with Crippen LogP contribution >= 0.6 is 0 Å². The average molecular weight is 175 g/mol. The molecule has 0 bridgehead atoms. The van der Waals surface area contributed by atoms with Crippen molar-refractivity contribution in [3.63, 3.8) is 0 Å². The van der Waals surface area contributed by atoms with Crippen molar-refractivity contribution in [2.24, 2.45) is 0 Å². The van der Waals surface area contributed by atoms with E-state index >= 15 is 0 Å². The van der Waals surface area contributed by atoms with Gasteiger partial charge < -0.3 is 15.7 Å². The fraction of sp³-hybridized carbons (Fsp3) is 1.00. The molecule has 4 nitrogen and oxygen atoms in total. The van der Waals surface area contributed by atoms with Crippen LogP contribution in [0.5, 0.6) is 0 Å². The summed E-state index contributed by atoms with van der Waals surface area (Å²) in [5, 5.41) is 18.4. The predicted molar refractivity (Wildman–Crippen MR) is 51.1 cm³/mol. The third-order valence-corrected chi connectivity index (χ3v) is 1.69. The number of hydrogen-bond donors (Lipinski definition) is 4. The monoisotopic (exact) mass is 175 g/mol. The Hall–Kier alpha value is -0.160. The van der Waals surface area contributed by atoms with Crippen LogP contribution in [0.2, 0.25) is 0 Å². The van der Waals surface area contributed by atoms with Crippen LogP contribution in [-0.4, -0.2) is 44.6 Å². The van der Waals surface area contributed by atoms with Gasteiger partial charge in [-0.05, 0) is 34.0 Å². The zero-order chi connectivity index (χ0) is 9.40. The van der Waals surface area contributed by atoms with E-state index in [0.29, 0.717) is 6.54 Å². The van der Waals surface area contributed by atoms with Crippen molar-refractivity contribution >= 4 is 0 Å². The number of rotatable bonds is 7. The molecule has 0 heterocycles. The number of aliphatic hydroxyl groups is 1. The van der Waals surface area contributed by atoms with Crippen molar-refractivity contribution in [1.29, 1.82) is 0 Å². The van der Waals surface area contributed by atoms with E-state index in [1.807, 2.05) is 14.1 Å². The minimum absolute atomic E-state index is 0.282. The molecule has 2 unspecified atom stereocenters. The van der Waals surface area contributed by atoms with Crippen molar-refractivity contribution in [3.8, 4) is 0 Å². The molecule has 12 heavy (non-hydrogen) atoms. The molecule has 0 spiro atoms. The van der Waals surface area contributed by atoms with Gasteiger partial charge in [-0.3, -0.25) is 5.32 Å². The SMILES string of the molecule is CNCCC(NC)NCC(C)O. The Balaban J connectivity index is 3.39. The van der Waals surface area contributed by atoms with Gasteiger partial charge in [0, 0.05) is 6.54 Å². The summed E-state index contributed by atoms with van der Waals surface area (Å²) in [6, 6.07) is 0. The summed E-state index contributed by atoms with van der Waals surface area (Å²) in [6.45, 7) is 3.38. The lowest BCUT2D eigenvalue weighted by atomic mass is 10.3. The third-order valence-electron chi connectivity index (χ3n) is 1.69. The largest absolute Gasteiger partial charge is 0.392 e. The first-order valence-electron chi connectivity index (χ1n) is 4.44. The lowest BCUT2D eigenvalue weighted by Gasteiger charge is -2.18. The van der Waals surface area contributed by atoms with Gasteiger partial charge in [-0.15, -0.1) is 0 Å². The van der Waals surface area contributed by atoms with Crippen molar-refractivity contribution in [1.82, 2.24) is 16.0 Å². The van der Waals surface area contributed by atoms with E-state index in [9.17, 15) is 0 Å². The molecule has 0 aromatic heterocycles. The summed E-state index contributed by atoms with van der Waals surface area (Å²) in [6.07, 6.45) is 1.02. The molecular formula is C8H21N3O. The molecule has 0 amide bonds. The lowest BCUT2D eigenvalue weighted by Crippen LogP contribution is -2.44. The molecule has 0 radical (unpaired) electrons. The van der Waals surface area contributed by atoms with Crippen LogP contribution in [0.25, 0.3) is 0 Å². The third kappa shape index (κ3) is 6.54. The van der Waals surface area contributed by atoms with Crippen LogP contribution in [0, 0.1) is 0 Å². The van der Waals surface area contributed by atoms with Gasteiger partial charge in [-0.25, -0.2) is 0 Å². The van der Waals surface area contributed by atoms with E-state index in [1.54, 1.807) is 6.92 Å². The molecule has 2 atom stereocenters. The van der Waals surface area contributed by atoms with Gasteiger partial charge in [0.1, 0.15) is 0 Å². The Morgan fingerprint density at radius 2 is 2.00 bits per heavy atom. The highest BCUT2D eigenvalue weighted by atomic mass is 16.3. The fourth-order valence-corrected chi connectivity index (χ4v) is 0.950. The first-order chi connectivity index (χ1) is 5.70. The molecule has 4 heteroatoms. The summed E-state index contributed by atoms with van der Waals surface area (Å²) < 4.78 is 0. The summed E-state index contributed by atoms with van der Waals surface area (Å²) in [5.41, 5.74) is 0. The van der Waals surface area contributed by atoms with Crippen LogP contribution in [0.1, 0.15) is 13.3 Å². The highest BCUT2D eigenvalue weighted by Crippen LogP contribution is 1.85. The van der Waals surface area contributed by atoms with Crippen LogP contribution in [0.4, 0.5) is 0 Å². The topological polar surface area (TPSA) is 56.3 Å². The Bertz CT molecular complexity index is 98.3. The van der Waals surface area contributed by atoms with Crippen molar-refractivity contribution in [3.05, 3.63) is 0 Å². The molecule has 0 aliphatic rings. The van der Waals surface area contributed by atoms with Crippen molar-refractivity contribution in [2.75, 3.05) is 27.2 Å². The fourth-order valence-electron chi connectivity index (χ4n) is 0.950. The Labute approximate surface area is 74.7 Å². The first kappa shape index (κ1) is 11.8. The molecule has 74 valence electrons. The lowest BCUT2D eigenvalue weighted by molar-refractivity contribution is 0.182. The smallest absolute Gasteiger partial charge is 0.0637 e. The maximum Gasteiger partial charge on any atom is 0.0637 e. The molecule has 0 rings (SSSR count). The number of nitrogens with one attached hydrogen (secondary N) is 3. The molecule has 0 saturated heterocycles. The maximum atomic E-state index is 9.02. The maximum absolute atomic E-state index is 9.02. The van der Waals surface area contributed by atoms with Crippen LogP contribution in [0.3, 0.4) is 0 Å². The van der Waals surface area contributed by atoms with Crippen LogP contribution < -0.4 is 16.0 Å². The highest BCUT2D eigenvalue weighted by Gasteiger charge is 2.04. The minimum atomic E-state index is -0.282. The molecule has 0 aromatic rings. The van der Waals surface area contributed by atoms with Crippen LogP contribution in [-0.2, 0) is 0 Å². The summed E-state index contributed by atoms with van der Waals surface area (Å²) in [4.78, 5) is 0. The summed E-state index contributed by atoms with van der Waals surface area (Å²) >= 11 is 0. The number of hydrogen-bond acceptors (Lipinski definition) is 4. The second-order valence-corrected chi connectivity index (χ2v) is 2.99. The average Bonchev–Trinajstić information content (AvgIpc) is 2.05. The van der Waals surface area contributed by atoms with Crippen molar-refractivity contribution in [2.45, 2.75) is 25.6 Å². The molecule has 0 aromatic carbocycles. The van der Waals surface area contributed by atoms with Crippen molar-refractivity contribution < 1.29 is 5.11 Å². The minimum Gasteiger partial charge on any atom is -0.392 e. The second kappa shape index (κ2) is 7.49. The normalized spacial score (nSPS) is 16.0. The van der Waals surface area contributed by atoms with E-state index in [2.05, 4.69) is 16.0 Å². The predicted octanol–water partition coefficient (Wildman–Crippen LogP) is -0.888. The van der Waals surface area contributed by atoms with Gasteiger partial charge in [0.05, 0.1) is 12.3 Å². The van der Waals surface area contributed by atoms with E-state index in [0.717, 1.165) is 13.0 Å². The van der Waals surface area contributed by atoms with Gasteiger partial charge >= 0.3 is 0 Å². The Morgan fingerprint density at radius 3 is 2.42 bits per heavy atom. The quantitative estimate of drug-likeness (QED) is 0.379. The van der Waals surface area contributed by atoms with Gasteiger partial charge in [0.15, 0.2) is 0 Å². The molecule has 0 aliphatic heterocycles. The van der Waals surface area contributed by atoms with E-state index in [-0.39, 0.29) is 12.3 Å².